The quantitative estimate of drug-likeness (QED) is 0.606. The van der Waals surface area contributed by atoms with E-state index in [2.05, 4.69) is 31.0 Å². The van der Waals surface area contributed by atoms with Gasteiger partial charge in [0.2, 0.25) is 0 Å². The number of hydrogen-bond donors (Lipinski definition) is 0. The molecule has 0 bridgehead atoms. The minimum Gasteiger partial charge on any atom is -0.497 e. The van der Waals surface area contributed by atoms with Crippen LogP contribution in [0.1, 0.15) is 5.56 Å². The zero-order chi connectivity index (χ0) is 8.10. The molecule has 0 amide bonds. The molecule has 3 heteroatoms. The summed E-state index contributed by atoms with van der Waals surface area (Å²) in [6.45, 7) is 0. The van der Waals surface area contributed by atoms with E-state index in [0.29, 0.717) is 0 Å². The van der Waals surface area contributed by atoms with Gasteiger partial charge in [0.1, 0.15) is 5.75 Å². The number of benzene rings is 1. The molecule has 0 aromatic heterocycles. The van der Waals surface area contributed by atoms with E-state index >= 15 is 0 Å². The third kappa shape index (κ3) is 3.17. The molecule has 0 aliphatic heterocycles. The molecule has 1 rings (SSSR count). The van der Waals surface area contributed by atoms with Gasteiger partial charge in [-0.05, 0) is 12.1 Å². The molecule has 0 atom stereocenters. The van der Waals surface area contributed by atoms with E-state index in [4.69, 9.17) is 4.74 Å². The van der Waals surface area contributed by atoms with Gasteiger partial charge in [-0.25, -0.2) is 0 Å². The Hall–Kier alpha value is 0.516. The lowest BCUT2D eigenvalue weighted by molar-refractivity contribution is 0.414. The Balaban J connectivity index is 2.66. The minimum atomic E-state index is 0.126. The molecule has 0 unspecified atom stereocenters. The predicted molar refractivity (Wildman–Crippen MR) is 56.5 cm³/mol. The van der Waals surface area contributed by atoms with Crippen molar-refractivity contribution >= 4 is 35.3 Å². The highest BCUT2D eigenvalue weighted by Crippen LogP contribution is 2.11. The molecule has 11 heavy (non-hydrogen) atoms. The Morgan fingerprint density at radius 2 is 2.00 bits per heavy atom. The first-order chi connectivity index (χ1) is 5.36. The summed E-state index contributed by atoms with van der Waals surface area (Å²) in [5.41, 5.74) is 1.44. The first kappa shape index (κ1) is 9.60. The molecule has 1 aromatic carbocycles. The predicted octanol–water partition coefficient (Wildman–Crippen LogP) is 2.25. The lowest BCUT2D eigenvalue weighted by atomic mass is 10.2. The largest absolute Gasteiger partial charge is 0.497 e. The molecule has 0 spiro atoms. The van der Waals surface area contributed by atoms with Crippen LogP contribution < -0.4 is 4.74 Å². The second-order valence-electron chi connectivity index (χ2n) is 2.29. The van der Waals surface area contributed by atoms with Crippen LogP contribution in [0.4, 0.5) is 0 Å². The highest BCUT2D eigenvalue weighted by molar-refractivity contribution is 14.1. The highest BCUT2D eigenvalue weighted by atomic mass is 127. The molecule has 1 aromatic rings. The summed E-state index contributed by atoms with van der Waals surface area (Å²) in [6, 6.07) is 8.33. The Labute approximate surface area is 86.6 Å². The van der Waals surface area contributed by atoms with Crippen LogP contribution >= 0.6 is 18.9 Å². The van der Waals surface area contributed by atoms with Crippen LogP contribution in [-0.4, -0.2) is 23.6 Å². The van der Waals surface area contributed by atoms with Gasteiger partial charge in [-0.3, -0.25) is 0 Å². The van der Waals surface area contributed by atoms with E-state index in [-0.39, 0.29) is 16.5 Å². The summed E-state index contributed by atoms with van der Waals surface area (Å²) in [6.07, 6.45) is 0. The van der Waals surface area contributed by atoms with Crippen LogP contribution in [0.2, 0.25) is 0 Å². The van der Waals surface area contributed by atoms with Gasteiger partial charge in [-0.2, -0.15) is 0 Å². The maximum absolute atomic E-state index is 5.06. The molecule has 0 N–H and O–H groups in total. The van der Waals surface area contributed by atoms with E-state index in [1.165, 1.54) is 10.1 Å². The highest BCUT2D eigenvalue weighted by Gasteiger charge is 1.94. The monoisotopic (exact) mass is 272 g/mol. The standard InChI is InChI=1S/C8H9O.HI.Mg/c1-7-3-5-8(9-2)6-4-7;;/h3-6H,1H2,2H3;1H;/q;;+1/p-1. The van der Waals surface area contributed by atoms with Crippen molar-refractivity contribution in [2.75, 3.05) is 7.11 Å². The summed E-state index contributed by atoms with van der Waals surface area (Å²) >= 11 is 2.64. The SMILES string of the molecule is COc1ccc([CH2][Mg][I])cc1. The van der Waals surface area contributed by atoms with E-state index in [1.54, 1.807) is 7.11 Å². The normalized spacial score (nSPS) is 8.91. The van der Waals surface area contributed by atoms with Crippen molar-refractivity contribution in [2.24, 2.45) is 0 Å². The van der Waals surface area contributed by atoms with Crippen molar-refractivity contribution in [1.29, 1.82) is 0 Å². The van der Waals surface area contributed by atoms with Gasteiger partial charge in [0, 0.05) is 0 Å². The summed E-state index contributed by atoms with van der Waals surface area (Å²) < 4.78 is 6.34. The van der Waals surface area contributed by atoms with E-state index in [9.17, 15) is 0 Å². The molecule has 0 aliphatic rings. The van der Waals surface area contributed by atoms with E-state index < -0.39 is 0 Å². The fourth-order valence-corrected chi connectivity index (χ4v) is 3.32. The summed E-state index contributed by atoms with van der Waals surface area (Å²) in [5, 5.41) is 0. The zero-order valence-corrected chi connectivity index (χ0v) is 10.1. The van der Waals surface area contributed by atoms with Gasteiger partial charge in [-0.15, -0.1) is 4.55 Å². The molecular weight excluding hydrogens is 263 g/mol. The Kier molecular flexibility index (Phi) is 4.55. The molecule has 56 valence electrons. The van der Waals surface area contributed by atoms with Crippen LogP contribution in [0.25, 0.3) is 0 Å². The van der Waals surface area contributed by atoms with Crippen LogP contribution in [0, 0.1) is 0 Å². The third-order valence-corrected chi connectivity index (χ3v) is 3.93. The molecule has 0 fully saturated rings. The van der Waals surface area contributed by atoms with Crippen molar-refractivity contribution < 1.29 is 4.74 Å². The summed E-state index contributed by atoms with van der Waals surface area (Å²) in [7, 11) is 1.70. The lowest BCUT2D eigenvalue weighted by Gasteiger charge is -2.00. The first-order valence-corrected chi connectivity index (χ1v) is 9.67. The van der Waals surface area contributed by atoms with Gasteiger partial charge < -0.3 is 23.6 Å². The summed E-state index contributed by atoms with van der Waals surface area (Å²) in [5.74, 6) is 0.948. The van der Waals surface area contributed by atoms with E-state index in [0.717, 1.165) is 5.75 Å². The van der Waals surface area contributed by atoms with Crippen molar-refractivity contribution in [3.63, 3.8) is 0 Å². The lowest BCUT2D eigenvalue weighted by Crippen LogP contribution is -1.88. The van der Waals surface area contributed by atoms with Crippen molar-refractivity contribution in [3.05, 3.63) is 29.8 Å². The van der Waals surface area contributed by atoms with Crippen LogP contribution in [0.3, 0.4) is 0 Å². The zero-order valence-electron chi connectivity index (χ0n) is 6.51. The molecule has 0 saturated heterocycles. The van der Waals surface area contributed by atoms with Gasteiger partial charge in [0.05, 0.1) is 7.11 Å². The maximum Gasteiger partial charge on any atom is 0.468 e. The number of halogens is 1. The first-order valence-electron chi connectivity index (χ1n) is 3.55. The smallest absolute Gasteiger partial charge is 0.468 e. The number of hydrogen-bond acceptors (Lipinski definition) is 1. The van der Waals surface area contributed by atoms with Crippen LogP contribution in [-0.2, 0) is 4.55 Å². The van der Waals surface area contributed by atoms with Gasteiger partial charge in [-0.1, -0.05) is 17.7 Å². The maximum atomic E-state index is 5.06. The third-order valence-electron chi connectivity index (χ3n) is 1.54. The van der Waals surface area contributed by atoms with Crippen LogP contribution in [0.5, 0.6) is 5.75 Å². The Bertz CT molecular complexity index is 210. The molecule has 0 heterocycles. The molecule has 0 aliphatic carbocycles. The van der Waals surface area contributed by atoms with Crippen LogP contribution in [0.15, 0.2) is 24.3 Å². The fraction of sp³-hybridized carbons (Fsp3) is 0.250. The second kappa shape index (κ2) is 5.21. The topological polar surface area (TPSA) is 9.23 Å². The number of methoxy groups -OCH3 is 1. The van der Waals surface area contributed by atoms with Crippen molar-refractivity contribution in [2.45, 2.75) is 4.55 Å². The van der Waals surface area contributed by atoms with Crippen molar-refractivity contribution in [3.8, 4) is 5.75 Å². The minimum absolute atomic E-state index is 0.126. The number of rotatable bonds is 3. The molecule has 0 saturated carbocycles. The van der Waals surface area contributed by atoms with Gasteiger partial charge in [0.15, 0.2) is 0 Å². The van der Waals surface area contributed by atoms with Gasteiger partial charge in [0.25, 0.3) is 0 Å². The summed E-state index contributed by atoms with van der Waals surface area (Å²) in [4.78, 5) is 0. The van der Waals surface area contributed by atoms with E-state index in [1.807, 2.05) is 12.1 Å². The second-order valence-corrected chi connectivity index (χ2v) is 6.40. The molecule has 1 nitrogen and oxygen atoms in total. The molecular formula is C8H9IMgO. The average Bonchev–Trinajstić information content (AvgIpc) is 2.07. The van der Waals surface area contributed by atoms with Crippen molar-refractivity contribution in [1.82, 2.24) is 0 Å². The fourth-order valence-electron chi connectivity index (χ4n) is 0.901. The Morgan fingerprint density at radius 1 is 1.36 bits per heavy atom. The van der Waals surface area contributed by atoms with Gasteiger partial charge >= 0.3 is 16.5 Å². The Morgan fingerprint density at radius 3 is 2.45 bits per heavy atom. The number of ether oxygens (including phenoxy) is 1. The average molecular weight is 272 g/mol. The molecule has 0 radical (unpaired) electrons.